The molecule has 6 heteroatoms. The normalized spacial score (nSPS) is 16.2. The summed E-state index contributed by atoms with van der Waals surface area (Å²) in [6, 6.07) is 1.30. The molecule has 3 heterocycles. The molecule has 4 rings (SSSR count). The molecule has 0 saturated carbocycles. The van der Waals surface area contributed by atoms with Gasteiger partial charge >= 0.3 is 5.63 Å². The Morgan fingerprint density at radius 3 is 2.70 bits per heavy atom. The highest BCUT2D eigenvalue weighted by molar-refractivity contribution is 6.08. The Kier molecular flexibility index (Phi) is 3.98. The Morgan fingerprint density at radius 2 is 2.00 bits per heavy atom. The van der Waals surface area contributed by atoms with Crippen LogP contribution < -0.4 is 15.8 Å². The fourth-order valence-electron chi connectivity index (χ4n) is 3.41. The molecule has 0 saturated heterocycles. The topological polar surface area (TPSA) is 69.7 Å². The van der Waals surface area contributed by atoms with Gasteiger partial charge in [0.1, 0.15) is 23.0 Å². The lowest BCUT2D eigenvalue weighted by atomic mass is 9.97. The van der Waals surface area contributed by atoms with Crippen molar-refractivity contribution in [3.05, 3.63) is 73.7 Å². The lowest BCUT2D eigenvalue weighted by Gasteiger charge is -2.22. The molecule has 5 nitrogen and oxygen atoms in total. The van der Waals surface area contributed by atoms with Crippen LogP contribution in [0.2, 0.25) is 0 Å². The van der Waals surface area contributed by atoms with Crippen molar-refractivity contribution >= 4 is 21.9 Å². The number of halogens is 1. The predicted molar refractivity (Wildman–Crippen MR) is 98.7 cm³/mol. The zero-order valence-corrected chi connectivity index (χ0v) is 15.0. The van der Waals surface area contributed by atoms with E-state index < -0.39 is 17.5 Å². The summed E-state index contributed by atoms with van der Waals surface area (Å²) in [6.07, 6.45) is 8.22. The number of aryl methyl sites for hydroxylation is 2. The highest BCUT2D eigenvalue weighted by atomic mass is 19.1. The average Bonchev–Trinajstić information content (AvgIpc) is 2.63. The molecule has 0 aliphatic carbocycles. The molecule has 0 fully saturated rings. The van der Waals surface area contributed by atoms with Crippen LogP contribution in [0.5, 0.6) is 5.75 Å². The molecule has 1 aliphatic rings. The van der Waals surface area contributed by atoms with Gasteiger partial charge in [0.25, 0.3) is 0 Å². The van der Waals surface area contributed by atoms with E-state index in [2.05, 4.69) is 6.08 Å². The molecule has 1 aromatic carbocycles. The van der Waals surface area contributed by atoms with Crippen LogP contribution in [0.1, 0.15) is 30.7 Å². The Balaban J connectivity index is 2.30. The molecule has 2 aromatic heterocycles. The van der Waals surface area contributed by atoms with Gasteiger partial charge in [0.15, 0.2) is 16.6 Å². The molecule has 0 N–H and O–H groups in total. The summed E-state index contributed by atoms with van der Waals surface area (Å²) in [6.45, 7) is 5.22. The van der Waals surface area contributed by atoms with Crippen LogP contribution in [0, 0.1) is 18.8 Å². The Labute approximate surface area is 153 Å². The van der Waals surface area contributed by atoms with Gasteiger partial charge in [-0.2, -0.15) is 4.39 Å². The first-order valence-electron chi connectivity index (χ1n) is 8.61. The number of ether oxygens (including phenoxy) is 1. The van der Waals surface area contributed by atoms with Crippen LogP contribution in [0.3, 0.4) is 0 Å². The number of fused-ring (bicyclic) bond motifs is 6. The van der Waals surface area contributed by atoms with E-state index in [0.29, 0.717) is 11.3 Å². The fourth-order valence-corrected chi connectivity index (χ4v) is 3.41. The molecular formula is C21H16FO5. The summed E-state index contributed by atoms with van der Waals surface area (Å²) in [7, 11) is 0. The van der Waals surface area contributed by atoms with Crippen molar-refractivity contribution in [2.75, 3.05) is 0 Å². The van der Waals surface area contributed by atoms with E-state index in [1.165, 1.54) is 6.07 Å². The summed E-state index contributed by atoms with van der Waals surface area (Å²) >= 11 is 0. The third-order valence-electron chi connectivity index (χ3n) is 4.53. The maximum Gasteiger partial charge on any atom is 0.372 e. The van der Waals surface area contributed by atoms with Crippen molar-refractivity contribution in [2.45, 2.75) is 33.3 Å². The second kappa shape index (κ2) is 6.23. The van der Waals surface area contributed by atoms with E-state index in [4.69, 9.17) is 13.6 Å². The van der Waals surface area contributed by atoms with Crippen molar-refractivity contribution in [3.8, 4) is 5.75 Å². The first-order valence-corrected chi connectivity index (χ1v) is 8.61. The minimum atomic E-state index is -1.12. The fraction of sp³-hybridized carbons (Fsp3) is 0.238. The molecule has 1 unspecified atom stereocenters. The monoisotopic (exact) mass is 367 g/mol. The molecule has 1 radical (unpaired) electrons. The van der Waals surface area contributed by atoms with Crippen molar-refractivity contribution in [2.24, 2.45) is 0 Å². The Hall–Kier alpha value is -3.15. The molecule has 0 bridgehead atoms. The molecule has 0 amide bonds. The molecular weight excluding hydrogens is 351 g/mol. The summed E-state index contributed by atoms with van der Waals surface area (Å²) in [4.78, 5) is 24.7. The van der Waals surface area contributed by atoms with Gasteiger partial charge < -0.3 is 13.6 Å². The predicted octanol–water partition coefficient (Wildman–Crippen LogP) is 3.95. The summed E-state index contributed by atoms with van der Waals surface area (Å²) < 4.78 is 31.5. The van der Waals surface area contributed by atoms with Gasteiger partial charge in [0, 0.05) is 11.6 Å². The van der Waals surface area contributed by atoms with Crippen LogP contribution in [0.15, 0.2) is 42.7 Å². The molecule has 27 heavy (non-hydrogen) atoms. The van der Waals surface area contributed by atoms with Crippen molar-refractivity contribution in [1.82, 2.24) is 0 Å². The van der Waals surface area contributed by atoms with Crippen LogP contribution in [-0.4, -0.2) is 6.10 Å². The SMILES string of the molecule is CC=CC1C=[C]c2c(c3c(CC)c(F)c(=O)oc3c3c(=O)cc(C)oc23)O1. The number of hydrogen-bond acceptors (Lipinski definition) is 5. The number of allylic oxidation sites excluding steroid dienone is 1. The number of rotatable bonds is 2. The zero-order valence-electron chi connectivity index (χ0n) is 15.0. The van der Waals surface area contributed by atoms with Crippen LogP contribution in [0.4, 0.5) is 4.39 Å². The van der Waals surface area contributed by atoms with Crippen LogP contribution in [0.25, 0.3) is 21.9 Å². The highest BCUT2D eigenvalue weighted by Gasteiger charge is 2.28. The van der Waals surface area contributed by atoms with Gasteiger partial charge in [-0.05, 0) is 38.5 Å². The van der Waals surface area contributed by atoms with Gasteiger partial charge in [0.2, 0.25) is 5.82 Å². The molecule has 0 spiro atoms. The Bertz CT molecular complexity index is 1260. The van der Waals surface area contributed by atoms with E-state index >= 15 is 0 Å². The van der Waals surface area contributed by atoms with Crippen molar-refractivity contribution < 1.29 is 18.0 Å². The van der Waals surface area contributed by atoms with Crippen LogP contribution in [-0.2, 0) is 6.42 Å². The third-order valence-corrected chi connectivity index (χ3v) is 4.53. The molecule has 1 atom stereocenters. The van der Waals surface area contributed by atoms with Crippen molar-refractivity contribution in [1.29, 1.82) is 0 Å². The summed E-state index contributed by atoms with van der Waals surface area (Å²) in [5.41, 5.74) is -0.779. The molecule has 137 valence electrons. The average molecular weight is 367 g/mol. The smallest absolute Gasteiger partial charge is 0.372 e. The first-order chi connectivity index (χ1) is 13.0. The van der Waals surface area contributed by atoms with E-state index in [0.717, 1.165) is 0 Å². The second-order valence-electron chi connectivity index (χ2n) is 6.29. The van der Waals surface area contributed by atoms with E-state index in [1.807, 2.05) is 13.0 Å². The lowest BCUT2D eigenvalue weighted by Crippen LogP contribution is -2.18. The van der Waals surface area contributed by atoms with Crippen LogP contribution >= 0.6 is 0 Å². The van der Waals surface area contributed by atoms with Gasteiger partial charge in [-0.1, -0.05) is 13.0 Å². The zero-order chi connectivity index (χ0) is 19.3. The number of hydrogen-bond donors (Lipinski definition) is 0. The Morgan fingerprint density at radius 1 is 1.22 bits per heavy atom. The second-order valence-corrected chi connectivity index (χ2v) is 6.29. The van der Waals surface area contributed by atoms with Gasteiger partial charge in [-0.25, -0.2) is 4.79 Å². The standard InChI is InChI=1S/C21H16FO5/c1-4-6-11-7-8-13-18(26-11)15-12(5-2)17(22)21(24)27-20(15)16-14(23)9-10(3)25-19(13)16/h4,6-7,9,11H,5H2,1-3H3. The molecule has 1 aliphatic heterocycles. The van der Waals surface area contributed by atoms with Crippen molar-refractivity contribution in [3.63, 3.8) is 0 Å². The first kappa shape index (κ1) is 17.3. The largest absolute Gasteiger partial charge is 0.481 e. The highest BCUT2D eigenvalue weighted by Crippen LogP contribution is 2.41. The molecule has 3 aromatic rings. The summed E-state index contributed by atoms with van der Waals surface area (Å²) in [5.74, 6) is -0.299. The van der Waals surface area contributed by atoms with E-state index in [9.17, 15) is 14.0 Å². The maximum absolute atomic E-state index is 14.5. The minimum absolute atomic E-state index is 0.0244. The lowest BCUT2D eigenvalue weighted by molar-refractivity contribution is 0.291. The van der Waals surface area contributed by atoms with E-state index in [-0.39, 0.29) is 45.1 Å². The summed E-state index contributed by atoms with van der Waals surface area (Å²) in [5, 5.41) is 0.346. The quantitative estimate of drug-likeness (QED) is 0.390. The van der Waals surface area contributed by atoms with E-state index in [1.54, 1.807) is 26.0 Å². The third kappa shape index (κ3) is 2.51. The maximum atomic E-state index is 14.5. The minimum Gasteiger partial charge on any atom is -0.481 e. The van der Waals surface area contributed by atoms with Gasteiger partial charge in [-0.15, -0.1) is 0 Å². The van der Waals surface area contributed by atoms with Gasteiger partial charge in [-0.3, -0.25) is 4.79 Å². The number of benzene rings is 1. The van der Waals surface area contributed by atoms with Gasteiger partial charge in [0.05, 0.1) is 10.9 Å².